The van der Waals surface area contributed by atoms with E-state index < -0.39 is 6.16 Å². The second kappa shape index (κ2) is 6.95. The molecular formula is C13H24N2O3. The molecule has 0 saturated carbocycles. The first-order valence-electron chi connectivity index (χ1n) is 7.11. The van der Waals surface area contributed by atoms with E-state index >= 15 is 0 Å². The van der Waals surface area contributed by atoms with Gasteiger partial charge in [-0.1, -0.05) is 12.8 Å². The fourth-order valence-corrected chi connectivity index (χ4v) is 3.02. The van der Waals surface area contributed by atoms with Crippen LogP contribution in [-0.4, -0.2) is 60.0 Å². The van der Waals surface area contributed by atoms with E-state index in [1.165, 1.54) is 38.5 Å². The van der Waals surface area contributed by atoms with E-state index in [2.05, 4.69) is 9.80 Å². The predicted octanol–water partition coefficient (Wildman–Crippen LogP) is 1.98. The fraction of sp³-hybridized carbons (Fsp3) is 0.923. The number of nitrogens with zero attached hydrogens (tertiary/aromatic N) is 2. The molecule has 0 aromatic carbocycles. The first-order valence-corrected chi connectivity index (χ1v) is 7.11. The molecule has 104 valence electrons. The van der Waals surface area contributed by atoms with E-state index in [9.17, 15) is 4.79 Å². The van der Waals surface area contributed by atoms with Gasteiger partial charge >= 0.3 is 6.16 Å². The average Bonchev–Trinajstić information content (AvgIpc) is 2.41. The molecule has 2 rings (SSSR count). The van der Waals surface area contributed by atoms with Crippen molar-refractivity contribution in [3.63, 3.8) is 0 Å². The highest BCUT2D eigenvalue weighted by Gasteiger charge is 2.28. The molecule has 0 radical (unpaired) electrons. The molecule has 5 heteroatoms. The molecule has 2 aliphatic heterocycles. The van der Waals surface area contributed by atoms with Crippen LogP contribution in [0.3, 0.4) is 0 Å². The largest absolute Gasteiger partial charge is 0.505 e. The van der Waals surface area contributed by atoms with Gasteiger partial charge in [0.25, 0.3) is 0 Å². The van der Waals surface area contributed by atoms with Crippen molar-refractivity contribution in [2.24, 2.45) is 0 Å². The fourth-order valence-electron chi connectivity index (χ4n) is 3.02. The molecule has 0 aliphatic carbocycles. The zero-order valence-corrected chi connectivity index (χ0v) is 11.0. The van der Waals surface area contributed by atoms with E-state index in [1.807, 2.05) is 0 Å². The summed E-state index contributed by atoms with van der Waals surface area (Å²) < 4.78 is 4.84. The van der Waals surface area contributed by atoms with Gasteiger partial charge in [-0.3, -0.25) is 9.80 Å². The Morgan fingerprint density at radius 1 is 0.944 bits per heavy atom. The molecular weight excluding hydrogens is 232 g/mol. The van der Waals surface area contributed by atoms with Crippen molar-refractivity contribution < 1.29 is 14.6 Å². The van der Waals surface area contributed by atoms with Crippen molar-refractivity contribution >= 4 is 6.16 Å². The topological polar surface area (TPSA) is 53.0 Å². The van der Waals surface area contributed by atoms with Crippen molar-refractivity contribution in [3.05, 3.63) is 0 Å². The number of hydrogen-bond acceptors (Lipinski definition) is 4. The summed E-state index contributed by atoms with van der Waals surface area (Å²) in [5.41, 5.74) is 0. The Hall–Kier alpha value is -0.810. The highest BCUT2D eigenvalue weighted by molar-refractivity contribution is 5.56. The second-order valence-electron chi connectivity index (χ2n) is 5.25. The molecule has 5 nitrogen and oxygen atoms in total. The Morgan fingerprint density at radius 3 is 1.78 bits per heavy atom. The smallest absolute Gasteiger partial charge is 0.450 e. The van der Waals surface area contributed by atoms with Crippen LogP contribution in [0.1, 0.15) is 38.5 Å². The number of ether oxygens (including phenoxy) is 1. The van der Waals surface area contributed by atoms with Gasteiger partial charge in [0, 0.05) is 0 Å². The van der Waals surface area contributed by atoms with Crippen LogP contribution in [0.4, 0.5) is 4.79 Å². The minimum absolute atomic E-state index is 0.154. The summed E-state index contributed by atoms with van der Waals surface area (Å²) in [7, 11) is 0. The van der Waals surface area contributed by atoms with Gasteiger partial charge in [-0.2, -0.15) is 0 Å². The summed E-state index contributed by atoms with van der Waals surface area (Å²) in [5, 5.41) is 8.70. The van der Waals surface area contributed by atoms with Gasteiger partial charge in [-0.25, -0.2) is 4.79 Å². The van der Waals surface area contributed by atoms with E-state index in [0.717, 1.165) is 26.2 Å². The monoisotopic (exact) mass is 256 g/mol. The summed E-state index contributed by atoms with van der Waals surface area (Å²) in [6, 6.07) is 0. The van der Waals surface area contributed by atoms with Gasteiger partial charge in [-0.15, -0.1) is 0 Å². The third-order valence-corrected chi connectivity index (χ3v) is 3.98. The van der Waals surface area contributed by atoms with E-state index in [4.69, 9.17) is 9.84 Å². The number of likely N-dealkylation sites (tertiary alicyclic amines) is 2. The highest BCUT2D eigenvalue weighted by atomic mass is 16.7. The second-order valence-corrected chi connectivity index (χ2v) is 5.25. The SMILES string of the molecule is O=C(O)OCC(N1CCCCC1)N1CCCCC1. The van der Waals surface area contributed by atoms with Crippen molar-refractivity contribution in [3.8, 4) is 0 Å². The number of carbonyl (C=O) groups is 1. The minimum Gasteiger partial charge on any atom is -0.450 e. The van der Waals surface area contributed by atoms with Crippen molar-refractivity contribution in [2.75, 3.05) is 32.8 Å². The number of hydrogen-bond donors (Lipinski definition) is 1. The average molecular weight is 256 g/mol. The lowest BCUT2D eigenvalue weighted by Crippen LogP contribution is -2.54. The molecule has 0 unspecified atom stereocenters. The first kappa shape index (κ1) is 13.6. The van der Waals surface area contributed by atoms with Gasteiger partial charge < -0.3 is 9.84 Å². The molecule has 18 heavy (non-hydrogen) atoms. The molecule has 0 bridgehead atoms. The Kier molecular flexibility index (Phi) is 5.26. The molecule has 0 amide bonds. The van der Waals surface area contributed by atoms with Crippen LogP contribution in [-0.2, 0) is 4.74 Å². The number of rotatable bonds is 4. The number of piperidine rings is 2. The third-order valence-electron chi connectivity index (χ3n) is 3.98. The molecule has 0 atom stereocenters. The van der Waals surface area contributed by atoms with Crippen molar-refractivity contribution in [1.29, 1.82) is 0 Å². The van der Waals surface area contributed by atoms with Crippen LogP contribution >= 0.6 is 0 Å². The normalized spacial score (nSPS) is 23.2. The van der Waals surface area contributed by atoms with Gasteiger partial charge in [0.1, 0.15) is 6.61 Å². The van der Waals surface area contributed by atoms with Crippen LogP contribution in [0.15, 0.2) is 0 Å². The quantitative estimate of drug-likeness (QED) is 0.779. The summed E-state index contributed by atoms with van der Waals surface area (Å²) >= 11 is 0. The van der Waals surface area contributed by atoms with Crippen LogP contribution in [0, 0.1) is 0 Å². The summed E-state index contributed by atoms with van der Waals surface area (Å²) in [4.78, 5) is 15.4. The van der Waals surface area contributed by atoms with Crippen LogP contribution in [0.5, 0.6) is 0 Å². The molecule has 2 heterocycles. The zero-order valence-electron chi connectivity index (χ0n) is 11.0. The van der Waals surface area contributed by atoms with Crippen molar-refractivity contribution in [2.45, 2.75) is 44.7 Å². The maximum Gasteiger partial charge on any atom is 0.505 e. The molecule has 0 aromatic rings. The summed E-state index contributed by atoms with van der Waals surface area (Å²) in [5.74, 6) is 0. The molecule has 2 saturated heterocycles. The maximum absolute atomic E-state index is 10.6. The Labute approximate surface area is 109 Å². The Morgan fingerprint density at radius 2 is 1.39 bits per heavy atom. The number of carboxylic acid groups (broad SMARTS) is 1. The van der Waals surface area contributed by atoms with Crippen molar-refractivity contribution in [1.82, 2.24) is 9.80 Å². The lowest BCUT2D eigenvalue weighted by molar-refractivity contribution is -0.0306. The highest BCUT2D eigenvalue weighted by Crippen LogP contribution is 2.19. The minimum atomic E-state index is -1.16. The molecule has 2 fully saturated rings. The van der Waals surface area contributed by atoms with Crippen LogP contribution in [0.2, 0.25) is 0 Å². The maximum atomic E-state index is 10.6. The van der Waals surface area contributed by atoms with E-state index in [-0.39, 0.29) is 12.8 Å². The molecule has 0 spiro atoms. The van der Waals surface area contributed by atoms with Gasteiger partial charge in [0.15, 0.2) is 0 Å². The Bertz CT molecular complexity index is 243. The van der Waals surface area contributed by atoms with Crippen LogP contribution < -0.4 is 0 Å². The summed E-state index contributed by atoms with van der Waals surface area (Å²) in [6.07, 6.45) is 6.46. The van der Waals surface area contributed by atoms with E-state index in [1.54, 1.807) is 0 Å². The summed E-state index contributed by atoms with van der Waals surface area (Å²) in [6.45, 7) is 4.58. The predicted molar refractivity (Wildman–Crippen MR) is 68.6 cm³/mol. The van der Waals surface area contributed by atoms with Crippen LogP contribution in [0.25, 0.3) is 0 Å². The molecule has 2 aliphatic rings. The zero-order chi connectivity index (χ0) is 12.8. The van der Waals surface area contributed by atoms with Gasteiger partial charge in [0.05, 0.1) is 6.17 Å². The molecule has 0 aromatic heterocycles. The third kappa shape index (κ3) is 3.85. The van der Waals surface area contributed by atoms with Gasteiger partial charge in [0.2, 0.25) is 0 Å². The van der Waals surface area contributed by atoms with E-state index in [0.29, 0.717) is 0 Å². The lowest BCUT2D eigenvalue weighted by Gasteiger charge is -2.42. The first-order chi connectivity index (χ1) is 8.77. The lowest BCUT2D eigenvalue weighted by atomic mass is 10.1. The Balaban J connectivity index is 1.93. The molecule has 1 N–H and O–H groups in total. The standard InChI is InChI=1S/C13H24N2O3/c16-13(17)18-11-12(14-7-3-1-4-8-14)15-9-5-2-6-10-15/h12H,1-11H2,(H,16,17). The van der Waals surface area contributed by atoms with Gasteiger partial charge in [-0.05, 0) is 51.9 Å².